The van der Waals surface area contributed by atoms with Crippen molar-refractivity contribution in [3.8, 4) is 0 Å². The van der Waals surface area contributed by atoms with E-state index in [0.717, 1.165) is 30.0 Å². The first-order chi connectivity index (χ1) is 6.76. The van der Waals surface area contributed by atoms with Crippen molar-refractivity contribution in [1.29, 1.82) is 0 Å². The van der Waals surface area contributed by atoms with E-state index >= 15 is 0 Å². The summed E-state index contributed by atoms with van der Waals surface area (Å²) in [6, 6.07) is 0. The van der Waals surface area contributed by atoms with Crippen LogP contribution in [0.1, 0.15) is 32.1 Å². The van der Waals surface area contributed by atoms with Crippen molar-refractivity contribution in [2.24, 2.45) is 17.8 Å². The Morgan fingerprint density at radius 2 is 2.00 bits per heavy atom. The van der Waals surface area contributed by atoms with Crippen LogP contribution in [0, 0.1) is 17.8 Å². The van der Waals surface area contributed by atoms with E-state index in [1.165, 1.54) is 19.3 Å². The summed E-state index contributed by atoms with van der Waals surface area (Å²) in [5.74, 6) is 2.24. The van der Waals surface area contributed by atoms with Crippen molar-refractivity contribution in [1.82, 2.24) is 5.32 Å². The molecule has 1 amide bonds. The molecule has 2 unspecified atom stereocenters. The zero-order valence-electron chi connectivity index (χ0n) is 8.26. The second-order valence-electron chi connectivity index (χ2n) is 5.19. The average molecular weight is 258 g/mol. The highest BCUT2D eigenvalue weighted by molar-refractivity contribution is 9.09. The third-order valence-corrected chi connectivity index (χ3v) is 5.28. The van der Waals surface area contributed by atoms with Gasteiger partial charge >= 0.3 is 0 Å². The van der Waals surface area contributed by atoms with Gasteiger partial charge in [0.2, 0.25) is 5.91 Å². The Hall–Kier alpha value is -0.0500. The standard InChI is InChI=1S/C11H16BrNO/c12-6-11(4-5-11)13-10(14)9-7-2-1-3-8(7)9/h7-9H,1-6H2,(H,13,14). The summed E-state index contributed by atoms with van der Waals surface area (Å²) in [6.45, 7) is 0. The van der Waals surface area contributed by atoms with Gasteiger partial charge in [-0.1, -0.05) is 22.4 Å². The minimum absolute atomic E-state index is 0.147. The molecule has 0 bridgehead atoms. The van der Waals surface area contributed by atoms with Gasteiger partial charge in [0.15, 0.2) is 0 Å². The SMILES string of the molecule is O=C(NC1(CBr)CC1)C1C2CCCC21. The first kappa shape index (κ1) is 9.20. The Morgan fingerprint density at radius 3 is 2.50 bits per heavy atom. The fraction of sp³-hybridized carbons (Fsp3) is 0.909. The summed E-state index contributed by atoms with van der Waals surface area (Å²) >= 11 is 3.48. The van der Waals surface area contributed by atoms with Crippen LogP contribution in [-0.4, -0.2) is 16.8 Å². The van der Waals surface area contributed by atoms with Crippen LogP contribution < -0.4 is 5.32 Å². The number of alkyl halides is 1. The Bertz CT molecular complexity index is 264. The maximum Gasteiger partial charge on any atom is 0.224 e. The quantitative estimate of drug-likeness (QED) is 0.771. The maximum atomic E-state index is 11.9. The van der Waals surface area contributed by atoms with Gasteiger partial charge in [-0.15, -0.1) is 0 Å². The highest BCUT2D eigenvalue weighted by Crippen LogP contribution is 2.57. The van der Waals surface area contributed by atoms with E-state index < -0.39 is 0 Å². The summed E-state index contributed by atoms with van der Waals surface area (Å²) in [4.78, 5) is 11.9. The van der Waals surface area contributed by atoms with E-state index in [1.807, 2.05) is 0 Å². The maximum absolute atomic E-state index is 11.9. The summed E-state index contributed by atoms with van der Waals surface area (Å²) in [7, 11) is 0. The molecule has 3 saturated carbocycles. The zero-order chi connectivity index (χ0) is 9.76. The molecule has 0 aliphatic heterocycles. The minimum atomic E-state index is 0.147. The number of hydrogen-bond acceptors (Lipinski definition) is 1. The van der Waals surface area contributed by atoms with Gasteiger partial charge in [0.05, 0.1) is 0 Å². The molecule has 3 heteroatoms. The minimum Gasteiger partial charge on any atom is -0.350 e. The molecular weight excluding hydrogens is 242 g/mol. The van der Waals surface area contributed by atoms with E-state index in [9.17, 15) is 4.79 Å². The predicted octanol–water partition coefficient (Wildman–Crippen LogP) is 2.08. The number of carbonyl (C=O) groups excluding carboxylic acids is 1. The molecule has 14 heavy (non-hydrogen) atoms. The van der Waals surface area contributed by atoms with Crippen LogP contribution in [0.3, 0.4) is 0 Å². The third-order valence-electron chi connectivity index (χ3n) is 4.21. The van der Waals surface area contributed by atoms with Crippen LogP contribution in [0.2, 0.25) is 0 Å². The van der Waals surface area contributed by atoms with Crippen molar-refractivity contribution in [3.63, 3.8) is 0 Å². The zero-order valence-corrected chi connectivity index (χ0v) is 9.85. The molecule has 0 saturated heterocycles. The van der Waals surface area contributed by atoms with Gasteiger partial charge in [0, 0.05) is 16.8 Å². The molecule has 2 atom stereocenters. The van der Waals surface area contributed by atoms with Crippen LogP contribution in [0.5, 0.6) is 0 Å². The van der Waals surface area contributed by atoms with Crippen LogP contribution in [0.15, 0.2) is 0 Å². The van der Waals surface area contributed by atoms with Gasteiger partial charge in [-0.3, -0.25) is 4.79 Å². The summed E-state index contributed by atoms with van der Waals surface area (Å²) in [6.07, 6.45) is 6.26. The molecule has 78 valence electrons. The van der Waals surface area contributed by atoms with Gasteiger partial charge in [0.1, 0.15) is 0 Å². The molecular formula is C11H16BrNO. The van der Waals surface area contributed by atoms with Crippen molar-refractivity contribution in [2.75, 3.05) is 5.33 Å². The van der Waals surface area contributed by atoms with Crippen LogP contribution in [0.25, 0.3) is 0 Å². The monoisotopic (exact) mass is 257 g/mol. The lowest BCUT2D eigenvalue weighted by Crippen LogP contribution is -2.39. The van der Waals surface area contributed by atoms with Gasteiger partial charge in [-0.05, 0) is 37.5 Å². The fourth-order valence-corrected chi connectivity index (χ4v) is 3.70. The predicted molar refractivity (Wildman–Crippen MR) is 58.2 cm³/mol. The number of amides is 1. The molecule has 0 aromatic rings. The Morgan fingerprint density at radius 1 is 1.36 bits per heavy atom. The lowest BCUT2D eigenvalue weighted by molar-refractivity contribution is -0.123. The molecule has 0 radical (unpaired) electrons. The molecule has 1 N–H and O–H groups in total. The van der Waals surface area contributed by atoms with Crippen LogP contribution in [0.4, 0.5) is 0 Å². The van der Waals surface area contributed by atoms with E-state index in [1.54, 1.807) is 0 Å². The molecule has 3 aliphatic rings. The molecule has 3 aliphatic carbocycles. The fourth-order valence-electron chi connectivity index (χ4n) is 3.00. The number of fused-ring (bicyclic) bond motifs is 1. The van der Waals surface area contributed by atoms with E-state index in [4.69, 9.17) is 0 Å². The van der Waals surface area contributed by atoms with Gasteiger partial charge in [0.25, 0.3) is 0 Å². The Labute approximate surface area is 93.0 Å². The number of nitrogens with one attached hydrogen (secondary N) is 1. The first-order valence-corrected chi connectivity index (χ1v) is 6.76. The first-order valence-electron chi connectivity index (χ1n) is 5.64. The van der Waals surface area contributed by atoms with Crippen LogP contribution in [-0.2, 0) is 4.79 Å². The van der Waals surface area contributed by atoms with Gasteiger partial charge < -0.3 is 5.32 Å². The second kappa shape index (κ2) is 2.97. The third kappa shape index (κ3) is 1.32. The largest absolute Gasteiger partial charge is 0.350 e. The average Bonchev–Trinajstić information content (AvgIpc) is 3.06. The topological polar surface area (TPSA) is 29.1 Å². The molecule has 2 nitrogen and oxygen atoms in total. The van der Waals surface area contributed by atoms with Gasteiger partial charge in [-0.25, -0.2) is 0 Å². The number of hydrogen-bond donors (Lipinski definition) is 1. The number of rotatable bonds is 3. The molecule has 3 rings (SSSR count). The van der Waals surface area contributed by atoms with Crippen molar-refractivity contribution in [2.45, 2.75) is 37.6 Å². The number of carbonyl (C=O) groups is 1. The lowest BCUT2D eigenvalue weighted by Gasteiger charge is -2.14. The normalized spacial score (nSPS) is 41.6. The summed E-state index contributed by atoms with van der Waals surface area (Å²) in [5.41, 5.74) is 0.147. The second-order valence-corrected chi connectivity index (χ2v) is 5.75. The van der Waals surface area contributed by atoms with Crippen molar-refractivity contribution >= 4 is 21.8 Å². The molecule has 3 fully saturated rings. The Balaban J connectivity index is 1.57. The number of halogens is 1. The smallest absolute Gasteiger partial charge is 0.224 e. The van der Waals surface area contributed by atoms with Crippen LogP contribution >= 0.6 is 15.9 Å². The summed E-state index contributed by atoms with van der Waals surface area (Å²) < 4.78 is 0. The van der Waals surface area contributed by atoms with Crippen molar-refractivity contribution in [3.05, 3.63) is 0 Å². The molecule has 0 spiro atoms. The van der Waals surface area contributed by atoms with E-state index in [0.29, 0.717) is 11.8 Å². The Kier molecular flexibility index (Phi) is 1.95. The molecule has 0 aromatic carbocycles. The summed E-state index contributed by atoms with van der Waals surface area (Å²) in [5, 5.41) is 4.15. The molecule has 0 heterocycles. The van der Waals surface area contributed by atoms with E-state index in [-0.39, 0.29) is 5.54 Å². The van der Waals surface area contributed by atoms with Crippen molar-refractivity contribution < 1.29 is 4.79 Å². The molecule has 0 aromatic heterocycles. The highest BCUT2D eigenvalue weighted by Gasteiger charge is 2.58. The highest BCUT2D eigenvalue weighted by atomic mass is 79.9. The van der Waals surface area contributed by atoms with Gasteiger partial charge in [-0.2, -0.15) is 0 Å². The lowest BCUT2D eigenvalue weighted by atomic mass is 10.1. The van der Waals surface area contributed by atoms with E-state index in [2.05, 4.69) is 21.2 Å².